The van der Waals surface area contributed by atoms with Crippen LogP contribution in [0.4, 0.5) is 0 Å². The second-order valence-corrected chi connectivity index (χ2v) is 6.85. The molecule has 6 heteroatoms. The van der Waals surface area contributed by atoms with Gasteiger partial charge in [-0.2, -0.15) is 0 Å². The molecule has 0 aliphatic heterocycles. The lowest BCUT2D eigenvalue weighted by Gasteiger charge is -2.23. The number of halogens is 1. The molecular formula is C14H27IN4S. The lowest BCUT2D eigenvalue weighted by molar-refractivity contribution is 0.501. The van der Waals surface area contributed by atoms with E-state index < -0.39 is 0 Å². The van der Waals surface area contributed by atoms with Crippen LogP contribution in [0.1, 0.15) is 51.2 Å². The molecule has 2 N–H and O–H groups in total. The zero-order valence-electron chi connectivity index (χ0n) is 13.3. The van der Waals surface area contributed by atoms with Crippen LogP contribution in [0, 0.1) is 0 Å². The summed E-state index contributed by atoms with van der Waals surface area (Å²) in [5.74, 6) is 1.36. The molecule has 20 heavy (non-hydrogen) atoms. The van der Waals surface area contributed by atoms with Gasteiger partial charge < -0.3 is 10.6 Å². The Kier molecular flexibility index (Phi) is 8.65. The molecule has 116 valence electrons. The Morgan fingerprint density at radius 1 is 1.40 bits per heavy atom. The van der Waals surface area contributed by atoms with Crippen LogP contribution in [-0.4, -0.2) is 30.1 Å². The molecule has 0 saturated heterocycles. The molecule has 1 rings (SSSR count). The molecule has 1 aromatic heterocycles. The molecule has 1 aromatic rings. The van der Waals surface area contributed by atoms with Crippen LogP contribution in [0.3, 0.4) is 0 Å². The summed E-state index contributed by atoms with van der Waals surface area (Å²) in [6.07, 6.45) is 0.925. The molecule has 0 spiro atoms. The zero-order valence-corrected chi connectivity index (χ0v) is 16.4. The van der Waals surface area contributed by atoms with Crippen LogP contribution < -0.4 is 10.6 Å². The van der Waals surface area contributed by atoms with Crippen LogP contribution >= 0.6 is 35.3 Å². The average molecular weight is 410 g/mol. The summed E-state index contributed by atoms with van der Waals surface area (Å²) in [6.45, 7) is 11.6. The number of rotatable bonds is 4. The van der Waals surface area contributed by atoms with E-state index in [1.807, 2.05) is 0 Å². The minimum absolute atomic E-state index is 0. The maximum atomic E-state index is 4.63. The fourth-order valence-electron chi connectivity index (χ4n) is 1.55. The van der Waals surface area contributed by atoms with Crippen molar-refractivity contribution in [2.45, 2.75) is 52.5 Å². The highest BCUT2D eigenvalue weighted by atomic mass is 127. The molecule has 1 heterocycles. The van der Waals surface area contributed by atoms with Gasteiger partial charge in [-0.3, -0.25) is 4.99 Å². The number of hydrogen-bond acceptors (Lipinski definition) is 3. The minimum atomic E-state index is 0. The first-order valence-corrected chi connectivity index (χ1v) is 7.63. The Morgan fingerprint density at radius 3 is 2.50 bits per heavy atom. The number of nitrogens with one attached hydrogen (secondary N) is 2. The van der Waals surface area contributed by atoms with Crippen molar-refractivity contribution in [2.75, 3.05) is 13.6 Å². The predicted molar refractivity (Wildman–Crippen MR) is 99.6 cm³/mol. The molecule has 0 fully saturated rings. The van der Waals surface area contributed by atoms with Crippen LogP contribution in [-0.2, 0) is 6.42 Å². The number of nitrogens with zero attached hydrogens (tertiary/aromatic N) is 2. The van der Waals surface area contributed by atoms with Crippen molar-refractivity contribution in [1.82, 2.24) is 15.6 Å². The number of hydrogen-bond donors (Lipinski definition) is 2. The second kappa shape index (κ2) is 8.81. The molecule has 0 atom stereocenters. The van der Waals surface area contributed by atoms with Crippen molar-refractivity contribution >= 4 is 41.3 Å². The van der Waals surface area contributed by atoms with E-state index in [2.05, 4.69) is 60.6 Å². The number of guanidine groups is 1. The van der Waals surface area contributed by atoms with E-state index in [0.29, 0.717) is 5.92 Å². The minimum Gasteiger partial charge on any atom is -0.356 e. The van der Waals surface area contributed by atoms with Crippen LogP contribution in [0.2, 0.25) is 0 Å². The highest BCUT2D eigenvalue weighted by molar-refractivity contribution is 14.0. The third kappa shape index (κ3) is 7.42. The molecular weight excluding hydrogens is 383 g/mol. The Balaban J connectivity index is 0.00000361. The monoisotopic (exact) mass is 410 g/mol. The van der Waals surface area contributed by atoms with Crippen molar-refractivity contribution in [3.05, 3.63) is 16.1 Å². The molecule has 0 unspecified atom stereocenters. The van der Waals surface area contributed by atoms with Crippen molar-refractivity contribution in [3.63, 3.8) is 0 Å². The van der Waals surface area contributed by atoms with E-state index in [1.165, 1.54) is 5.01 Å². The van der Waals surface area contributed by atoms with E-state index in [-0.39, 0.29) is 29.5 Å². The molecule has 0 aromatic carbocycles. The van der Waals surface area contributed by atoms with Gasteiger partial charge in [0.25, 0.3) is 0 Å². The summed E-state index contributed by atoms with van der Waals surface area (Å²) in [5, 5.41) is 10.0. The van der Waals surface area contributed by atoms with Crippen LogP contribution in [0.5, 0.6) is 0 Å². The number of aromatic nitrogens is 1. The van der Waals surface area contributed by atoms with Gasteiger partial charge >= 0.3 is 0 Å². The summed E-state index contributed by atoms with van der Waals surface area (Å²) in [6, 6.07) is 0. The quantitative estimate of drug-likeness (QED) is 0.455. The molecule has 0 aliphatic rings. The highest BCUT2D eigenvalue weighted by Gasteiger charge is 2.11. The van der Waals surface area contributed by atoms with E-state index in [1.54, 1.807) is 18.4 Å². The van der Waals surface area contributed by atoms with E-state index in [9.17, 15) is 0 Å². The molecule has 4 nitrogen and oxygen atoms in total. The van der Waals surface area contributed by atoms with Crippen molar-refractivity contribution in [2.24, 2.45) is 4.99 Å². The summed E-state index contributed by atoms with van der Waals surface area (Å²) < 4.78 is 0. The lowest BCUT2D eigenvalue weighted by atomic mass is 10.1. The number of aliphatic imine (C=N–C) groups is 1. The Labute approximate surface area is 143 Å². The second-order valence-electron chi connectivity index (χ2n) is 5.96. The van der Waals surface area contributed by atoms with Gasteiger partial charge in [-0.25, -0.2) is 4.98 Å². The topological polar surface area (TPSA) is 49.3 Å². The fourth-order valence-corrected chi connectivity index (χ4v) is 2.42. The van der Waals surface area contributed by atoms with E-state index in [0.717, 1.165) is 24.6 Å². The molecule has 0 bridgehead atoms. The lowest BCUT2D eigenvalue weighted by Crippen LogP contribution is -2.48. The Morgan fingerprint density at radius 2 is 2.05 bits per heavy atom. The maximum absolute atomic E-state index is 4.63. The van der Waals surface area contributed by atoms with Crippen LogP contribution in [0.15, 0.2) is 10.4 Å². The maximum Gasteiger partial charge on any atom is 0.191 e. The largest absolute Gasteiger partial charge is 0.356 e. The van der Waals surface area contributed by atoms with Gasteiger partial charge in [-0.1, -0.05) is 13.8 Å². The van der Waals surface area contributed by atoms with Crippen LogP contribution in [0.25, 0.3) is 0 Å². The van der Waals surface area contributed by atoms with Crippen molar-refractivity contribution in [1.29, 1.82) is 0 Å². The predicted octanol–water partition coefficient (Wildman–Crippen LogP) is 3.39. The SMILES string of the molecule is CN=C(NCCc1csc(C(C)C)n1)NC(C)(C)C.I. The van der Waals surface area contributed by atoms with Gasteiger partial charge in [-0.15, -0.1) is 35.3 Å². The molecule has 0 aliphatic carbocycles. The van der Waals surface area contributed by atoms with Crippen molar-refractivity contribution in [3.8, 4) is 0 Å². The zero-order chi connectivity index (χ0) is 14.5. The highest BCUT2D eigenvalue weighted by Crippen LogP contribution is 2.19. The van der Waals surface area contributed by atoms with Gasteiger partial charge in [0.1, 0.15) is 0 Å². The summed E-state index contributed by atoms with van der Waals surface area (Å²) in [4.78, 5) is 8.84. The van der Waals surface area contributed by atoms with Gasteiger partial charge in [0, 0.05) is 36.9 Å². The van der Waals surface area contributed by atoms with E-state index in [4.69, 9.17) is 0 Å². The standard InChI is InChI=1S/C14H26N4S.HI/c1-10(2)12-17-11(9-19-12)7-8-16-13(15-6)18-14(3,4)5;/h9-10H,7-8H2,1-6H3,(H2,15,16,18);1H. The van der Waals surface area contributed by atoms with E-state index >= 15 is 0 Å². The Hall–Kier alpha value is -0.370. The number of thiazole rings is 1. The summed E-state index contributed by atoms with van der Waals surface area (Å²) in [7, 11) is 1.79. The third-order valence-corrected chi connectivity index (χ3v) is 3.65. The average Bonchev–Trinajstić information content (AvgIpc) is 2.75. The summed E-state index contributed by atoms with van der Waals surface area (Å²) in [5.41, 5.74) is 1.18. The Bertz CT molecular complexity index is 421. The summed E-state index contributed by atoms with van der Waals surface area (Å²) >= 11 is 1.75. The van der Waals surface area contributed by atoms with Gasteiger partial charge in [0.2, 0.25) is 0 Å². The first-order chi connectivity index (χ1) is 8.81. The van der Waals surface area contributed by atoms with Gasteiger partial charge in [0.05, 0.1) is 10.7 Å². The first kappa shape index (κ1) is 19.6. The normalized spacial score (nSPS) is 12.2. The molecule has 0 amide bonds. The van der Waals surface area contributed by atoms with Crippen molar-refractivity contribution < 1.29 is 0 Å². The third-order valence-electron chi connectivity index (χ3n) is 2.45. The molecule has 0 saturated carbocycles. The van der Waals surface area contributed by atoms with Gasteiger partial charge in [0.15, 0.2) is 5.96 Å². The van der Waals surface area contributed by atoms with Gasteiger partial charge in [-0.05, 0) is 20.8 Å². The molecule has 0 radical (unpaired) electrons. The first-order valence-electron chi connectivity index (χ1n) is 6.75. The fraction of sp³-hybridized carbons (Fsp3) is 0.714. The smallest absolute Gasteiger partial charge is 0.191 e.